The van der Waals surface area contributed by atoms with Crippen molar-refractivity contribution in [1.29, 1.82) is 0 Å². The van der Waals surface area contributed by atoms with Gasteiger partial charge in [-0.1, -0.05) is 13.8 Å². The Morgan fingerprint density at radius 2 is 2.45 bits per heavy atom. The minimum atomic E-state index is -0.667. The van der Waals surface area contributed by atoms with Gasteiger partial charge in [-0.2, -0.15) is 10.1 Å². The van der Waals surface area contributed by atoms with Crippen molar-refractivity contribution in [1.82, 2.24) is 24.3 Å². The van der Waals surface area contributed by atoms with Crippen LogP contribution >= 0.6 is 0 Å². The van der Waals surface area contributed by atoms with Crippen LogP contribution in [-0.4, -0.2) is 42.6 Å². The molecule has 2 saturated heterocycles. The Balaban J connectivity index is 1.69. The monoisotopic (exact) mass is 304 g/mol. The standard InChI is InChI=1S/C14H17N5O3/c1-3-14-6-21-11(9(14)2)12(22-14)18-5-4-10(17-13(18)20)19-8-15-7-16-19/h4-5,7-9,11-12H,3,6H2,1-2H3/t9-,11+,12+,14-/m0/s1/i3D/t3?,9-,11+,12+,14-. The van der Waals surface area contributed by atoms with Crippen molar-refractivity contribution >= 4 is 0 Å². The Hall–Kier alpha value is -2.06. The lowest BCUT2D eigenvalue weighted by Gasteiger charge is -2.30. The third kappa shape index (κ3) is 1.77. The Bertz CT molecular complexity index is 777. The van der Waals surface area contributed by atoms with E-state index in [0.717, 1.165) is 0 Å². The number of hydrogen-bond donors (Lipinski definition) is 0. The maximum absolute atomic E-state index is 12.4. The van der Waals surface area contributed by atoms with Crippen molar-refractivity contribution in [3.05, 3.63) is 35.4 Å². The Morgan fingerprint density at radius 3 is 3.09 bits per heavy atom. The van der Waals surface area contributed by atoms with E-state index in [1.807, 2.05) is 6.92 Å². The van der Waals surface area contributed by atoms with Crippen LogP contribution in [0.3, 0.4) is 0 Å². The summed E-state index contributed by atoms with van der Waals surface area (Å²) in [5.41, 5.74) is -1.11. The van der Waals surface area contributed by atoms with Crippen molar-refractivity contribution in [3.8, 4) is 5.82 Å². The van der Waals surface area contributed by atoms with Crippen LogP contribution < -0.4 is 5.69 Å². The highest BCUT2D eigenvalue weighted by Gasteiger charge is 2.58. The highest BCUT2D eigenvalue weighted by molar-refractivity contribution is 5.17. The maximum Gasteiger partial charge on any atom is 0.351 e. The molecule has 0 aliphatic carbocycles. The molecule has 5 atom stereocenters. The van der Waals surface area contributed by atoms with E-state index in [1.165, 1.54) is 21.9 Å². The lowest BCUT2D eigenvalue weighted by molar-refractivity contribution is -0.174. The molecule has 4 rings (SSSR count). The van der Waals surface area contributed by atoms with Crippen molar-refractivity contribution in [2.45, 2.75) is 38.2 Å². The summed E-state index contributed by atoms with van der Waals surface area (Å²) in [6, 6.07) is 1.67. The SMILES string of the molecule is [2H]C(C)[C@@]12CO[C@@H]([C@H](n3ccc(-n4cncn4)nc3=O)O1)[C@@H]2C. The predicted molar refractivity (Wildman–Crippen MR) is 75.5 cm³/mol. The van der Waals surface area contributed by atoms with Crippen LogP contribution in [0, 0.1) is 5.92 Å². The number of fused-ring (bicyclic) bond motifs is 2. The molecule has 2 bridgehead atoms. The van der Waals surface area contributed by atoms with Crippen LogP contribution in [0.4, 0.5) is 0 Å². The summed E-state index contributed by atoms with van der Waals surface area (Å²) in [5.74, 6) is 0.436. The Labute approximate surface area is 128 Å². The second-order valence-corrected chi connectivity index (χ2v) is 5.63. The molecule has 4 heterocycles. The van der Waals surface area contributed by atoms with Gasteiger partial charge in [0.15, 0.2) is 12.0 Å². The first-order valence-corrected chi connectivity index (χ1v) is 7.19. The van der Waals surface area contributed by atoms with Gasteiger partial charge in [-0.25, -0.2) is 14.5 Å². The van der Waals surface area contributed by atoms with Gasteiger partial charge in [0.05, 0.1) is 12.2 Å². The number of hydrogen-bond acceptors (Lipinski definition) is 6. The van der Waals surface area contributed by atoms with E-state index in [0.29, 0.717) is 12.4 Å². The molecule has 1 unspecified atom stereocenters. The molecule has 2 aliphatic heterocycles. The van der Waals surface area contributed by atoms with E-state index in [-0.39, 0.29) is 12.0 Å². The highest BCUT2D eigenvalue weighted by Crippen LogP contribution is 2.50. The second kappa shape index (κ2) is 4.72. The minimum absolute atomic E-state index is 0.0434. The number of ether oxygens (including phenoxy) is 2. The van der Waals surface area contributed by atoms with E-state index in [9.17, 15) is 4.79 Å². The van der Waals surface area contributed by atoms with E-state index < -0.39 is 23.9 Å². The lowest BCUT2D eigenvalue weighted by atomic mass is 9.88. The maximum atomic E-state index is 12.4. The summed E-state index contributed by atoms with van der Waals surface area (Å²) < 4.78 is 22.8. The van der Waals surface area contributed by atoms with Gasteiger partial charge < -0.3 is 9.47 Å². The molecule has 0 saturated carbocycles. The average molecular weight is 304 g/mol. The van der Waals surface area contributed by atoms with Crippen LogP contribution in [-0.2, 0) is 9.47 Å². The van der Waals surface area contributed by atoms with Crippen molar-refractivity contribution in [2.24, 2.45) is 5.92 Å². The van der Waals surface area contributed by atoms with Crippen LogP contribution in [0.2, 0.25) is 0 Å². The van der Waals surface area contributed by atoms with Gasteiger partial charge in [-0.3, -0.25) is 4.57 Å². The number of rotatable bonds is 3. The molecule has 8 heteroatoms. The zero-order valence-corrected chi connectivity index (χ0v) is 12.3. The zero-order valence-electron chi connectivity index (χ0n) is 13.3. The summed E-state index contributed by atoms with van der Waals surface area (Å²) in [5, 5.41) is 3.95. The molecule has 0 spiro atoms. The first-order valence-electron chi connectivity index (χ1n) is 7.76. The smallest absolute Gasteiger partial charge is 0.351 e. The molecule has 8 nitrogen and oxygen atoms in total. The van der Waals surface area contributed by atoms with E-state index in [1.54, 1.807) is 19.2 Å². The fourth-order valence-electron chi connectivity index (χ4n) is 3.22. The highest BCUT2D eigenvalue weighted by atomic mass is 16.6. The fraction of sp³-hybridized carbons (Fsp3) is 0.571. The average Bonchev–Trinajstić information content (AvgIpc) is 3.23. The number of aromatic nitrogens is 5. The van der Waals surface area contributed by atoms with Gasteiger partial charge in [0, 0.05) is 13.5 Å². The zero-order chi connectivity index (χ0) is 16.2. The normalized spacial score (nSPS) is 35.5. The van der Waals surface area contributed by atoms with E-state index >= 15 is 0 Å². The van der Waals surface area contributed by atoms with Gasteiger partial charge >= 0.3 is 5.69 Å². The molecule has 116 valence electrons. The Morgan fingerprint density at radius 1 is 1.59 bits per heavy atom. The summed E-state index contributed by atoms with van der Waals surface area (Å²) in [6.45, 7) is 4.18. The van der Waals surface area contributed by atoms with Crippen LogP contribution in [0.15, 0.2) is 29.7 Å². The van der Waals surface area contributed by atoms with E-state index in [2.05, 4.69) is 15.1 Å². The third-order valence-corrected chi connectivity index (χ3v) is 4.62. The third-order valence-electron chi connectivity index (χ3n) is 4.62. The van der Waals surface area contributed by atoms with Gasteiger partial charge in [-0.15, -0.1) is 0 Å². The van der Waals surface area contributed by atoms with Gasteiger partial charge in [0.2, 0.25) is 0 Å². The molecule has 0 amide bonds. The molecule has 2 aromatic heterocycles. The van der Waals surface area contributed by atoms with Crippen LogP contribution in [0.5, 0.6) is 0 Å². The van der Waals surface area contributed by atoms with Crippen molar-refractivity contribution in [3.63, 3.8) is 0 Å². The summed E-state index contributed by atoms with van der Waals surface area (Å²) in [7, 11) is 0. The fourth-order valence-corrected chi connectivity index (χ4v) is 3.22. The van der Waals surface area contributed by atoms with E-state index in [4.69, 9.17) is 10.8 Å². The van der Waals surface area contributed by atoms with Gasteiger partial charge in [-0.05, 0) is 12.5 Å². The molecule has 22 heavy (non-hydrogen) atoms. The quantitative estimate of drug-likeness (QED) is 0.823. The molecule has 0 radical (unpaired) electrons. The first kappa shape index (κ1) is 12.5. The molecule has 2 fully saturated rings. The first-order chi connectivity index (χ1) is 11.0. The molecule has 2 aromatic rings. The molecule has 0 N–H and O–H groups in total. The topological polar surface area (TPSA) is 84.1 Å². The van der Waals surface area contributed by atoms with Gasteiger partial charge in [0.25, 0.3) is 0 Å². The number of nitrogens with zero attached hydrogens (tertiary/aromatic N) is 5. The second-order valence-electron chi connectivity index (χ2n) is 5.63. The predicted octanol–water partition coefficient (Wildman–Crippen LogP) is 0.536. The molecule has 2 aliphatic rings. The summed E-state index contributed by atoms with van der Waals surface area (Å²) >= 11 is 0. The van der Waals surface area contributed by atoms with Crippen molar-refractivity contribution < 1.29 is 10.8 Å². The molecular formula is C14H17N5O3. The lowest BCUT2D eigenvalue weighted by Crippen LogP contribution is -2.39. The largest absolute Gasteiger partial charge is 0.370 e. The van der Waals surface area contributed by atoms with Crippen molar-refractivity contribution in [2.75, 3.05) is 6.61 Å². The minimum Gasteiger partial charge on any atom is -0.370 e. The summed E-state index contributed by atoms with van der Waals surface area (Å²) in [6.07, 6.45) is 3.22. The molecule has 0 aromatic carbocycles. The molecular weight excluding hydrogens is 286 g/mol. The Kier molecular flexibility index (Phi) is 2.68. The van der Waals surface area contributed by atoms with Crippen LogP contribution in [0.1, 0.15) is 27.8 Å². The van der Waals surface area contributed by atoms with Gasteiger partial charge in [0.1, 0.15) is 18.8 Å². The summed E-state index contributed by atoms with van der Waals surface area (Å²) in [4.78, 5) is 20.2. The van der Waals surface area contributed by atoms with Crippen LogP contribution in [0.25, 0.3) is 5.82 Å².